The Morgan fingerprint density at radius 2 is 1.95 bits per heavy atom. The zero-order chi connectivity index (χ0) is 14.7. The van der Waals surface area contributed by atoms with E-state index in [1.807, 2.05) is 36.4 Å². The molecule has 0 bridgehead atoms. The number of benzene rings is 2. The van der Waals surface area contributed by atoms with Crippen LogP contribution < -0.4 is 9.47 Å². The van der Waals surface area contributed by atoms with E-state index in [9.17, 15) is 0 Å². The Balaban J connectivity index is 1.46. The molecule has 2 aromatic rings. The molecule has 3 rings (SSSR count). The summed E-state index contributed by atoms with van der Waals surface area (Å²) in [7, 11) is 1.68. The highest BCUT2D eigenvalue weighted by Gasteiger charge is 2.34. The lowest BCUT2D eigenvalue weighted by molar-refractivity contribution is 0.293. The molecule has 1 fully saturated rings. The van der Waals surface area contributed by atoms with Crippen LogP contribution in [0.1, 0.15) is 5.56 Å². The van der Waals surface area contributed by atoms with Crippen molar-refractivity contribution in [2.24, 2.45) is 0 Å². The first-order valence-electron chi connectivity index (χ1n) is 7.00. The molecule has 0 amide bonds. The third-order valence-corrected chi connectivity index (χ3v) is 3.85. The van der Waals surface area contributed by atoms with Crippen LogP contribution in [0.2, 0.25) is 5.02 Å². The maximum atomic E-state index is 5.94. The van der Waals surface area contributed by atoms with Crippen molar-refractivity contribution in [1.29, 1.82) is 0 Å². The summed E-state index contributed by atoms with van der Waals surface area (Å²) in [5.74, 6) is 1.73. The van der Waals surface area contributed by atoms with E-state index in [0.717, 1.165) is 24.6 Å². The predicted octanol–water partition coefficient (Wildman–Crippen LogP) is 3.61. The van der Waals surface area contributed by atoms with Gasteiger partial charge in [0.1, 0.15) is 18.1 Å². The largest absolute Gasteiger partial charge is 0.497 e. The summed E-state index contributed by atoms with van der Waals surface area (Å²) in [5.41, 5.74) is 1.29. The van der Waals surface area contributed by atoms with E-state index in [2.05, 4.69) is 17.0 Å². The molecule has 2 aromatic carbocycles. The molecular weight excluding hydrogens is 286 g/mol. The Labute approximate surface area is 130 Å². The van der Waals surface area contributed by atoms with Crippen LogP contribution in [-0.4, -0.2) is 31.2 Å². The molecular formula is C17H18ClNO2. The molecule has 1 saturated heterocycles. The second-order valence-electron chi connectivity index (χ2n) is 5.20. The third-order valence-electron chi connectivity index (χ3n) is 3.61. The minimum atomic E-state index is 0.492. The Bertz CT molecular complexity index is 600. The summed E-state index contributed by atoms with van der Waals surface area (Å²) >= 11 is 5.94. The number of rotatable bonds is 6. The predicted molar refractivity (Wildman–Crippen MR) is 84.1 cm³/mol. The van der Waals surface area contributed by atoms with E-state index in [1.165, 1.54) is 5.56 Å². The standard InChI is InChI=1S/C17H18ClNO2/c1-20-16-7-5-13(6-8-16)10-19-11-15(19)12-21-17-4-2-3-14(18)9-17/h2-9,15H,10-12H2,1H3. The van der Waals surface area contributed by atoms with E-state index in [4.69, 9.17) is 21.1 Å². The van der Waals surface area contributed by atoms with Crippen LogP contribution in [0.3, 0.4) is 0 Å². The van der Waals surface area contributed by atoms with Crippen molar-refractivity contribution < 1.29 is 9.47 Å². The molecule has 0 radical (unpaired) electrons. The molecule has 1 aliphatic heterocycles. The number of nitrogens with zero attached hydrogens (tertiary/aromatic N) is 1. The molecule has 1 heterocycles. The number of halogens is 1. The van der Waals surface area contributed by atoms with Crippen LogP contribution in [0, 0.1) is 0 Å². The van der Waals surface area contributed by atoms with Crippen LogP contribution >= 0.6 is 11.6 Å². The zero-order valence-corrected chi connectivity index (χ0v) is 12.7. The summed E-state index contributed by atoms with van der Waals surface area (Å²) in [4.78, 5) is 2.38. The fourth-order valence-electron chi connectivity index (χ4n) is 2.29. The van der Waals surface area contributed by atoms with E-state index in [0.29, 0.717) is 17.7 Å². The molecule has 0 N–H and O–H groups in total. The summed E-state index contributed by atoms with van der Waals surface area (Å²) in [6, 6.07) is 16.2. The summed E-state index contributed by atoms with van der Waals surface area (Å²) in [6.45, 7) is 2.73. The van der Waals surface area contributed by atoms with Gasteiger partial charge in [0.2, 0.25) is 0 Å². The zero-order valence-electron chi connectivity index (χ0n) is 12.0. The Kier molecular flexibility index (Phi) is 4.32. The fourth-order valence-corrected chi connectivity index (χ4v) is 2.47. The summed E-state index contributed by atoms with van der Waals surface area (Å²) in [6.07, 6.45) is 0. The smallest absolute Gasteiger partial charge is 0.120 e. The topological polar surface area (TPSA) is 21.5 Å². The van der Waals surface area contributed by atoms with Crippen LogP contribution in [0.15, 0.2) is 48.5 Å². The summed E-state index contributed by atoms with van der Waals surface area (Å²) < 4.78 is 10.9. The van der Waals surface area contributed by atoms with Crippen molar-refractivity contribution in [3.05, 3.63) is 59.1 Å². The van der Waals surface area contributed by atoms with Crippen LogP contribution in [-0.2, 0) is 6.54 Å². The normalized spacial score (nSPS) is 20.1. The minimum absolute atomic E-state index is 0.492. The van der Waals surface area contributed by atoms with E-state index >= 15 is 0 Å². The van der Waals surface area contributed by atoms with E-state index in [-0.39, 0.29) is 0 Å². The molecule has 110 valence electrons. The van der Waals surface area contributed by atoms with Gasteiger partial charge in [-0.1, -0.05) is 29.8 Å². The quantitative estimate of drug-likeness (QED) is 0.761. The molecule has 2 unspecified atom stereocenters. The van der Waals surface area contributed by atoms with Crippen molar-refractivity contribution in [3.63, 3.8) is 0 Å². The van der Waals surface area contributed by atoms with Gasteiger partial charge in [-0.15, -0.1) is 0 Å². The Morgan fingerprint density at radius 1 is 1.14 bits per heavy atom. The van der Waals surface area contributed by atoms with Gasteiger partial charge in [-0.05, 0) is 35.9 Å². The van der Waals surface area contributed by atoms with Gasteiger partial charge >= 0.3 is 0 Å². The number of hydrogen-bond acceptors (Lipinski definition) is 3. The first kappa shape index (κ1) is 14.2. The Morgan fingerprint density at radius 3 is 2.67 bits per heavy atom. The second-order valence-corrected chi connectivity index (χ2v) is 5.64. The van der Waals surface area contributed by atoms with Gasteiger partial charge in [0, 0.05) is 18.1 Å². The van der Waals surface area contributed by atoms with Crippen molar-refractivity contribution in [3.8, 4) is 11.5 Å². The van der Waals surface area contributed by atoms with Gasteiger partial charge < -0.3 is 9.47 Å². The molecule has 3 nitrogen and oxygen atoms in total. The average Bonchev–Trinajstić information content (AvgIpc) is 3.24. The van der Waals surface area contributed by atoms with Crippen LogP contribution in [0.5, 0.6) is 11.5 Å². The highest BCUT2D eigenvalue weighted by Crippen LogP contribution is 2.24. The van der Waals surface area contributed by atoms with E-state index in [1.54, 1.807) is 7.11 Å². The van der Waals surface area contributed by atoms with Gasteiger partial charge in [0.05, 0.1) is 13.2 Å². The van der Waals surface area contributed by atoms with Gasteiger partial charge in [-0.25, -0.2) is 0 Å². The first-order valence-corrected chi connectivity index (χ1v) is 7.38. The Hall–Kier alpha value is -1.71. The molecule has 4 heteroatoms. The maximum Gasteiger partial charge on any atom is 0.120 e. The molecule has 0 saturated carbocycles. The van der Waals surface area contributed by atoms with Crippen molar-refractivity contribution in [1.82, 2.24) is 4.90 Å². The van der Waals surface area contributed by atoms with Gasteiger partial charge in [-0.3, -0.25) is 4.90 Å². The van der Waals surface area contributed by atoms with Crippen molar-refractivity contribution in [2.75, 3.05) is 20.3 Å². The van der Waals surface area contributed by atoms with E-state index < -0.39 is 0 Å². The highest BCUT2D eigenvalue weighted by atomic mass is 35.5. The molecule has 21 heavy (non-hydrogen) atoms. The number of hydrogen-bond donors (Lipinski definition) is 0. The average molecular weight is 304 g/mol. The van der Waals surface area contributed by atoms with Gasteiger partial charge in [0.25, 0.3) is 0 Å². The number of ether oxygens (including phenoxy) is 2. The van der Waals surface area contributed by atoms with Crippen molar-refractivity contribution >= 4 is 11.6 Å². The molecule has 2 atom stereocenters. The highest BCUT2D eigenvalue weighted by molar-refractivity contribution is 6.30. The molecule has 0 spiro atoms. The maximum absolute atomic E-state index is 5.94. The van der Waals surface area contributed by atoms with Crippen LogP contribution in [0.25, 0.3) is 0 Å². The third kappa shape index (κ3) is 3.90. The lowest BCUT2D eigenvalue weighted by Crippen LogP contribution is -2.10. The number of methoxy groups -OCH3 is 1. The summed E-state index contributed by atoms with van der Waals surface area (Å²) in [5, 5.41) is 0.707. The first-order chi connectivity index (χ1) is 10.2. The minimum Gasteiger partial charge on any atom is -0.497 e. The lowest BCUT2D eigenvalue weighted by atomic mass is 10.2. The SMILES string of the molecule is COc1ccc(CN2CC2COc2cccc(Cl)c2)cc1. The van der Waals surface area contributed by atoms with Crippen LogP contribution in [0.4, 0.5) is 0 Å². The van der Waals surface area contributed by atoms with Crippen molar-refractivity contribution in [2.45, 2.75) is 12.6 Å². The monoisotopic (exact) mass is 303 g/mol. The molecule has 1 aliphatic rings. The van der Waals surface area contributed by atoms with Gasteiger partial charge in [-0.2, -0.15) is 0 Å². The van der Waals surface area contributed by atoms with Gasteiger partial charge in [0.15, 0.2) is 0 Å². The molecule has 0 aliphatic carbocycles. The lowest BCUT2D eigenvalue weighted by Gasteiger charge is -2.08. The second kappa shape index (κ2) is 6.37. The fraction of sp³-hybridized carbons (Fsp3) is 0.294. The molecule has 0 aromatic heterocycles.